The number of amides is 1. The number of carbonyl (C=O) groups is 2. The van der Waals surface area contributed by atoms with Crippen LogP contribution in [-0.4, -0.2) is 37.6 Å². The van der Waals surface area contributed by atoms with Crippen LogP contribution in [0.4, 0.5) is 0 Å². The van der Waals surface area contributed by atoms with Gasteiger partial charge >= 0.3 is 5.97 Å². The number of carboxylic acid groups (broad SMARTS) is 1. The zero-order valence-electron chi connectivity index (χ0n) is 12.8. The number of fused-ring (bicyclic) bond motifs is 1. The molecule has 0 radical (unpaired) electrons. The highest BCUT2D eigenvalue weighted by atomic mass is 32.2. The maximum Gasteiger partial charge on any atom is 0.353 e. The summed E-state index contributed by atoms with van der Waals surface area (Å²) in [5, 5.41) is 8.91. The van der Waals surface area contributed by atoms with Gasteiger partial charge in [-0.25, -0.2) is 9.78 Å². The second kappa shape index (κ2) is 6.25. The molecule has 0 bridgehead atoms. The van der Waals surface area contributed by atoms with E-state index in [4.69, 9.17) is 10.2 Å². The van der Waals surface area contributed by atoms with E-state index in [1.54, 1.807) is 6.20 Å². The molecule has 2 aromatic rings. The van der Waals surface area contributed by atoms with Crippen LogP contribution in [-0.2, 0) is 9.59 Å². The number of nitrogens with two attached hydrogens (primary N) is 1. The molecular weight excluding hydrogens is 362 g/mol. The van der Waals surface area contributed by atoms with Crippen molar-refractivity contribution in [1.29, 1.82) is 0 Å². The molecule has 0 saturated carbocycles. The lowest BCUT2D eigenvalue weighted by Crippen LogP contribution is -2.56. The molecule has 128 valence electrons. The number of oxazole rings is 1. The van der Waals surface area contributed by atoms with Gasteiger partial charge in [0.2, 0.25) is 11.8 Å². The van der Waals surface area contributed by atoms with Gasteiger partial charge in [0.1, 0.15) is 12.0 Å². The minimum absolute atomic E-state index is 0.00530. The summed E-state index contributed by atoms with van der Waals surface area (Å²) in [5.41, 5.74) is 6.97. The summed E-state index contributed by atoms with van der Waals surface area (Å²) in [6, 6.07) is 7.37. The Morgan fingerprint density at radius 3 is 2.76 bits per heavy atom. The highest BCUT2D eigenvalue weighted by Crippen LogP contribution is 2.47. The normalized spacial score (nSPS) is 22.6. The largest absolute Gasteiger partial charge is 0.477 e. The number of aliphatic carboxylic acids is 1. The summed E-state index contributed by atoms with van der Waals surface area (Å²) in [4.78, 5) is 30.2. The van der Waals surface area contributed by atoms with E-state index in [1.807, 2.05) is 24.3 Å². The number of β-lactam (4-membered cyclic amide) rings is 1. The molecule has 4 rings (SSSR count). The molecule has 3 heterocycles. The Morgan fingerprint density at radius 1 is 1.40 bits per heavy atom. The Hall–Kier alpha value is -2.23. The molecule has 7 nitrogen and oxygen atoms in total. The first-order chi connectivity index (χ1) is 12.0. The molecular formula is C16H13N3O4S2. The molecule has 2 aliphatic rings. The fourth-order valence-corrected chi connectivity index (χ4v) is 5.12. The highest BCUT2D eigenvalue weighted by molar-refractivity contribution is 8.06. The predicted molar refractivity (Wildman–Crippen MR) is 93.3 cm³/mol. The number of rotatable bonds is 4. The zero-order valence-corrected chi connectivity index (χ0v) is 14.4. The van der Waals surface area contributed by atoms with Crippen LogP contribution in [0.2, 0.25) is 0 Å². The Bertz CT molecular complexity index is 864. The van der Waals surface area contributed by atoms with Crippen LogP contribution >= 0.6 is 23.5 Å². The SMILES string of the molecule is NC1S[C@@H]2CC(=O)N2C(C(=O)O)=C1Sc1ccc(-c2ncco2)cc1. The Morgan fingerprint density at radius 2 is 2.16 bits per heavy atom. The molecule has 25 heavy (non-hydrogen) atoms. The van der Waals surface area contributed by atoms with Gasteiger partial charge in [0.05, 0.1) is 23.4 Å². The topological polar surface area (TPSA) is 110 Å². The smallest absolute Gasteiger partial charge is 0.353 e. The lowest BCUT2D eigenvalue weighted by atomic mass is 10.1. The van der Waals surface area contributed by atoms with Crippen LogP contribution in [0.3, 0.4) is 0 Å². The van der Waals surface area contributed by atoms with Crippen molar-refractivity contribution in [2.45, 2.75) is 22.1 Å². The molecule has 0 aliphatic carbocycles. The fourth-order valence-electron chi connectivity index (χ4n) is 2.72. The average Bonchev–Trinajstić information content (AvgIpc) is 3.11. The molecule has 2 aliphatic heterocycles. The van der Waals surface area contributed by atoms with Crippen LogP contribution < -0.4 is 5.73 Å². The standard InChI is InChI=1S/C16H13N3O4S2/c17-14-13(12(16(21)22)19-10(20)7-11(19)25-14)24-9-3-1-8(2-4-9)15-18-5-6-23-15/h1-6,11,14H,7,17H2,(H,21,22)/t11-,14?/m1/s1. The van der Waals surface area contributed by atoms with E-state index in [0.717, 1.165) is 10.5 Å². The fraction of sp³-hybridized carbons (Fsp3) is 0.188. The van der Waals surface area contributed by atoms with E-state index in [1.165, 1.54) is 34.7 Å². The van der Waals surface area contributed by atoms with Gasteiger partial charge in [-0.15, -0.1) is 11.8 Å². The number of nitrogens with zero attached hydrogens (tertiary/aromatic N) is 2. The summed E-state index contributed by atoms with van der Waals surface area (Å²) in [6.07, 6.45) is 3.40. The minimum atomic E-state index is -1.13. The lowest BCUT2D eigenvalue weighted by molar-refractivity contribution is -0.146. The van der Waals surface area contributed by atoms with Crippen LogP contribution in [0.5, 0.6) is 0 Å². The number of carboxylic acids is 1. The number of hydrogen-bond donors (Lipinski definition) is 2. The van der Waals surface area contributed by atoms with Gasteiger partial charge in [-0.05, 0) is 24.3 Å². The molecule has 1 amide bonds. The summed E-state index contributed by atoms with van der Waals surface area (Å²) < 4.78 is 5.25. The number of benzene rings is 1. The number of hydrogen-bond acceptors (Lipinski definition) is 7. The Balaban J connectivity index is 1.64. The third-order valence-corrected chi connectivity index (χ3v) is 6.45. The van der Waals surface area contributed by atoms with E-state index >= 15 is 0 Å². The van der Waals surface area contributed by atoms with Gasteiger partial charge < -0.3 is 15.3 Å². The van der Waals surface area contributed by atoms with Gasteiger partial charge in [0, 0.05) is 15.4 Å². The monoisotopic (exact) mass is 375 g/mol. The van der Waals surface area contributed by atoms with Gasteiger partial charge in [-0.3, -0.25) is 9.69 Å². The molecule has 1 aromatic carbocycles. The van der Waals surface area contributed by atoms with E-state index in [0.29, 0.717) is 17.2 Å². The predicted octanol–water partition coefficient (Wildman–Crippen LogP) is 2.32. The first-order valence-electron chi connectivity index (χ1n) is 7.43. The summed E-state index contributed by atoms with van der Waals surface area (Å²) >= 11 is 2.67. The van der Waals surface area contributed by atoms with E-state index < -0.39 is 11.3 Å². The molecule has 2 atom stereocenters. The first-order valence-corrected chi connectivity index (χ1v) is 9.19. The van der Waals surface area contributed by atoms with E-state index in [2.05, 4.69) is 4.98 Å². The van der Waals surface area contributed by atoms with Gasteiger partial charge in [-0.1, -0.05) is 11.8 Å². The minimum Gasteiger partial charge on any atom is -0.477 e. The third kappa shape index (κ3) is 2.84. The second-order valence-electron chi connectivity index (χ2n) is 5.46. The van der Waals surface area contributed by atoms with Crippen molar-refractivity contribution in [2.24, 2.45) is 5.73 Å². The Labute approximate surface area is 151 Å². The first kappa shape index (κ1) is 16.2. The molecule has 9 heteroatoms. The zero-order chi connectivity index (χ0) is 17.6. The second-order valence-corrected chi connectivity index (χ2v) is 7.90. The summed E-state index contributed by atoms with van der Waals surface area (Å²) in [7, 11) is 0. The van der Waals surface area contributed by atoms with Crippen LogP contribution in [0.25, 0.3) is 11.5 Å². The Kier molecular flexibility index (Phi) is 4.06. The van der Waals surface area contributed by atoms with Crippen molar-refractivity contribution < 1.29 is 19.1 Å². The van der Waals surface area contributed by atoms with Crippen molar-refractivity contribution in [2.75, 3.05) is 0 Å². The number of carbonyl (C=O) groups excluding carboxylic acids is 1. The quantitative estimate of drug-likeness (QED) is 0.784. The molecule has 1 fully saturated rings. The van der Waals surface area contributed by atoms with Crippen molar-refractivity contribution in [1.82, 2.24) is 9.88 Å². The maximum absolute atomic E-state index is 11.8. The van der Waals surface area contributed by atoms with Crippen molar-refractivity contribution in [3.8, 4) is 11.5 Å². The van der Waals surface area contributed by atoms with Crippen molar-refractivity contribution >= 4 is 35.4 Å². The van der Waals surface area contributed by atoms with Crippen LogP contribution in [0.1, 0.15) is 6.42 Å². The maximum atomic E-state index is 11.8. The lowest BCUT2D eigenvalue weighted by Gasteiger charge is -2.45. The number of aromatic nitrogens is 1. The summed E-state index contributed by atoms with van der Waals surface area (Å²) in [6.45, 7) is 0. The third-order valence-electron chi connectivity index (χ3n) is 3.91. The van der Waals surface area contributed by atoms with Gasteiger partial charge in [-0.2, -0.15) is 0 Å². The van der Waals surface area contributed by atoms with Gasteiger partial charge in [0.15, 0.2) is 0 Å². The van der Waals surface area contributed by atoms with Crippen molar-refractivity contribution in [3.63, 3.8) is 0 Å². The number of thioether (sulfide) groups is 2. The molecule has 0 spiro atoms. The van der Waals surface area contributed by atoms with E-state index in [9.17, 15) is 14.7 Å². The van der Waals surface area contributed by atoms with Crippen molar-refractivity contribution in [3.05, 3.63) is 47.3 Å². The van der Waals surface area contributed by atoms with Crippen LogP contribution in [0.15, 0.2) is 56.6 Å². The van der Waals surface area contributed by atoms with E-state index in [-0.39, 0.29) is 17.0 Å². The molecule has 1 aromatic heterocycles. The van der Waals surface area contributed by atoms with Gasteiger partial charge in [0.25, 0.3) is 0 Å². The summed E-state index contributed by atoms with van der Waals surface area (Å²) in [5.74, 6) is -0.798. The van der Waals surface area contributed by atoms with Crippen LogP contribution in [0, 0.1) is 0 Å². The highest BCUT2D eigenvalue weighted by Gasteiger charge is 2.48. The molecule has 3 N–H and O–H groups in total. The molecule has 1 unspecified atom stereocenters. The molecule has 1 saturated heterocycles. The average molecular weight is 375 g/mol.